The maximum Gasteiger partial charge on any atom is 0.223 e. The second-order valence-corrected chi connectivity index (χ2v) is 6.08. The van der Waals surface area contributed by atoms with Gasteiger partial charge in [0.25, 0.3) is 0 Å². The standard InChI is InChI=1S/C16H24N2O/c1-12-5-4-6-13(11-12)7-8-15(19)18-10-9-14(17)16(18,2)3/h4-6,11,14H,7-10,17H2,1-3H3. The molecule has 1 aromatic rings. The topological polar surface area (TPSA) is 46.3 Å². The van der Waals surface area contributed by atoms with E-state index in [0.29, 0.717) is 6.42 Å². The van der Waals surface area contributed by atoms with Crippen molar-refractivity contribution in [1.82, 2.24) is 4.90 Å². The summed E-state index contributed by atoms with van der Waals surface area (Å²) in [6.07, 6.45) is 2.28. The normalized spacial score (nSPS) is 21.7. The monoisotopic (exact) mass is 260 g/mol. The third-order valence-electron chi connectivity index (χ3n) is 4.28. The molecule has 1 atom stereocenters. The third-order valence-corrected chi connectivity index (χ3v) is 4.28. The average Bonchev–Trinajstić information content (AvgIpc) is 2.61. The van der Waals surface area contributed by atoms with Gasteiger partial charge in [0.2, 0.25) is 5.91 Å². The number of nitrogens with two attached hydrogens (primary N) is 1. The van der Waals surface area contributed by atoms with Crippen molar-refractivity contribution >= 4 is 5.91 Å². The van der Waals surface area contributed by atoms with Gasteiger partial charge >= 0.3 is 0 Å². The van der Waals surface area contributed by atoms with Gasteiger partial charge in [-0.3, -0.25) is 4.79 Å². The lowest BCUT2D eigenvalue weighted by atomic mass is 9.96. The van der Waals surface area contributed by atoms with Gasteiger partial charge in [0.1, 0.15) is 0 Å². The Morgan fingerprint density at radius 2 is 2.21 bits per heavy atom. The molecule has 1 fully saturated rings. The van der Waals surface area contributed by atoms with E-state index in [0.717, 1.165) is 19.4 Å². The van der Waals surface area contributed by atoms with Crippen LogP contribution in [0.25, 0.3) is 0 Å². The predicted octanol–water partition coefficient (Wildman–Crippen LogP) is 2.27. The van der Waals surface area contributed by atoms with Crippen LogP contribution in [0.15, 0.2) is 24.3 Å². The Hall–Kier alpha value is -1.35. The first-order valence-electron chi connectivity index (χ1n) is 7.03. The number of amides is 1. The van der Waals surface area contributed by atoms with E-state index in [1.54, 1.807) is 0 Å². The fraction of sp³-hybridized carbons (Fsp3) is 0.562. The fourth-order valence-corrected chi connectivity index (χ4v) is 2.81. The van der Waals surface area contributed by atoms with Gasteiger partial charge in [-0.2, -0.15) is 0 Å². The highest BCUT2D eigenvalue weighted by atomic mass is 16.2. The van der Waals surface area contributed by atoms with Crippen molar-refractivity contribution in [2.24, 2.45) is 5.73 Å². The lowest BCUT2D eigenvalue weighted by Gasteiger charge is -2.34. The predicted molar refractivity (Wildman–Crippen MR) is 77.9 cm³/mol. The van der Waals surface area contributed by atoms with Crippen molar-refractivity contribution in [1.29, 1.82) is 0 Å². The van der Waals surface area contributed by atoms with Crippen LogP contribution in [0.2, 0.25) is 0 Å². The Morgan fingerprint density at radius 1 is 1.47 bits per heavy atom. The van der Waals surface area contributed by atoms with Crippen LogP contribution in [0.3, 0.4) is 0 Å². The van der Waals surface area contributed by atoms with E-state index >= 15 is 0 Å². The molecule has 19 heavy (non-hydrogen) atoms. The Morgan fingerprint density at radius 3 is 2.79 bits per heavy atom. The van der Waals surface area contributed by atoms with Crippen molar-refractivity contribution in [3.05, 3.63) is 35.4 Å². The molecule has 1 heterocycles. The SMILES string of the molecule is Cc1cccc(CCC(=O)N2CCC(N)C2(C)C)c1. The first-order valence-corrected chi connectivity index (χ1v) is 7.03. The number of carbonyl (C=O) groups excluding carboxylic acids is 1. The molecule has 2 N–H and O–H groups in total. The third kappa shape index (κ3) is 2.98. The lowest BCUT2D eigenvalue weighted by molar-refractivity contribution is -0.134. The van der Waals surface area contributed by atoms with E-state index in [1.807, 2.05) is 11.0 Å². The molecule has 0 saturated carbocycles. The highest BCUT2D eigenvalue weighted by Crippen LogP contribution is 2.28. The Labute approximate surface area is 115 Å². The molecule has 0 bridgehead atoms. The summed E-state index contributed by atoms with van der Waals surface area (Å²) < 4.78 is 0. The second-order valence-electron chi connectivity index (χ2n) is 6.08. The number of benzene rings is 1. The van der Waals surface area contributed by atoms with Crippen molar-refractivity contribution < 1.29 is 4.79 Å². The van der Waals surface area contributed by atoms with Crippen LogP contribution in [-0.4, -0.2) is 28.9 Å². The van der Waals surface area contributed by atoms with Gasteiger partial charge in [-0.15, -0.1) is 0 Å². The van der Waals surface area contributed by atoms with Crippen LogP contribution in [0.4, 0.5) is 0 Å². The summed E-state index contributed by atoms with van der Waals surface area (Å²) in [6, 6.07) is 8.45. The van der Waals surface area contributed by atoms with Gasteiger partial charge in [0, 0.05) is 19.0 Å². The van der Waals surface area contributed by atoms with Gasteiger partial charge in [-0.1, -0.05) is 29.8 Å². The molecule has 1 unspecified atom stereocenters. The maximum atomic E-state index is 12.3. The van der Waals surface area contributed by atoms with Crippen LogP contribution in [0, 0.1) is 6.92 Å². The van der Waals surface area contributed by atoms with E-state index in [1.165, 1.54) is 11.1 Å². The minimum Gasteiger partial charge on any atom is -0.336 e. The molecular formula is C16H24N2O. The molecule has 0 aromatic heterocycles. The molecule has 0 aliphatic carbocycles. The number of carbonyl (C=O) groups is 1. The average molecular weight is 260 g/mol. The molecule has 1 aliphatic heterocycles. The first-order chi connectivity index (χ1) is 8.91. The zero-order chi connectivity index (χ0) is 14.0. The summed E-state index contributed by atoms with van der Waals surface area (Å²) >= 11 is 0. The summed E-state index contributed by atoms with van der Waals surface area (Å²) in [5, 5.41) is 0. The summed E-state index contributed by atoms with van der Waals surface area (Å²) in [7, 11) is 0. The zero-order valence-corrected chi connectivity index (χ0v) is 12.1. The Balaban J connectivity index is 1.95. The van der Waals surface area contributed by atoms with Gasteiger partial charge in [-0.25, -0.2) is 0 Å². The Kier molecular flexibility index (Phi) is 3.95. The van der Waals surface area contributed by atoms with Crippen molar-refractivity contribution in [3.63, 3.8) is 0 Å². The van der Waals surface area contributed by atoms with Crippen molar-refractivity contribution in [2.75, 3.05) is 6.54 Å². The largest absolute Gasteiger partial charge is 0.336 e. The zero-order valence-electron chi connectivity index (χ0n) is 12.1. The van der Waals surface area contributed by atoms with Crippen LogP contribution in [0.5, 0.6) is 0 Å². The number of rotatable bonds is 3. The van der Waals surface area contributed by atoms with E-state index in [2.05, 4.69) is 39.0 Å². The van der Waals surface area contributed by atoms with Gasteiger partial charge in [0.15, 0.2) is 0 Å². The molecule has 0 spiro atoms. The van der Waals surface area contributed by atoms with Crippen LogP contribution < -0.4 is 5.73 Å². The molecule has 3 heteroatoms. The number of nitrogens with zero attached hydrogens (tertiary/aromatic N) is 1. The first kappa shape index (κ1) is 14.1. The van der Waals surface area contributed by atoms with Gasteiger partial charge in [-0.05, 0) is 39.2 Å². The number of hydrogen-bond donors (Lipinski definition) is 1. The minimum atomic E-state index is -0.205. The molecule has 3 nitrogen and oxygen atoms in total. The van der Waals surface area contributed by atoms with E-state index in [9.17, 15) is 4.79 Å². The molecule has 1 amide bonds. The molecule has 1 aliphatic rings. The number of hydrogen-bond acceptors (Lipinski definition) is 2. The minimum absolute atomic E-state index is 0.0930. The number of likely N-dealkylation sites (tertiary alicyclic amines) is 1. The van der Waals surface area contributed by atoms with Crippen molar-refractivity contribution in [3.8, 4) is 0 Å². The lowest BCUT2D eigenvalue weighted by Crippen LogP contribution is -2.51. The summed E-state index contributed by atoms with van der Waals surface area (Å²) in [6.45, 7) is 7.00. The molecule has 2 rings (SSSR count). The van der Waals surface area contributed by atoms with Gasteiger partial charge in [0.05, 0.1) is 5.54 Å². The smallest absolute Gasteiger partial charge is 0.223 e. The summed E-state index contributed by atoms with van der Waals surface area (Å²) in [5.41, 5.74) is 8.34. The van der Waals surface area contributed by atoms with Crippen LogP contribution in [0.1, 0.15) is 37.8 Å². The highest BCUT2D eigenvalue weighted by molar-refractivity contribution is 5.77. The molecule has 1 aromatic carbocycles. The van der Waals surface area contributed by atoms with Crippen LogP contribution in [-0.2, 0) is 11.2 Å². The van der Waals surface area contributed by atoms with Gasteiger partial charge < -0.3 is 10.6 Å². The number of aryl methyl sites for hydroxylation is 2. The molecular weight excluding hydrogens is 236 g/mol. The molecule has 1 saturated heterocycles. The van der Waals surface area contributed by atoms with Crippen LogP contribution >= 0.6 is 0 Å². The Bertz CT molecular complexity index is 468. The second kappa shape index (κ2) is 5.33. The maximum absolute atomic E-state index is 12.3. The van der Waals surface area contributed by atoms with E-state index in [-0.39, 0.29) is 17.5 Å². The quantitative estimate of drug-likeness (QED) is 0.906. The highest BCUT2D eigenvalue weighted by Gasteiger charge is 2.41. The van der Waals surface area contributed by atoms with E-state index in [4.69, 9.17) is 5.73 Å². The molecule has 0 radical (unpaired) electrons. The fourth-order valence-electron chi connectivity index (χ4n) is 2.81. The summed E-state index contributed by atoms with van der Waals surface area (Å²) in [4.78, 5) is 14.3. The van der Waals surface area contributed by atoms with E-state index < -0.39 is 0 Å². The van der Waals surface area contributed by atoms with Crippen molar-refractivity contribution in [2.45, 2.75) is 51.6 Å². The summed E-state index contributed by atoms with van der Waals surface area (Å²) in [5.74, 6) is 0.222. The molecule has 104 valence electrons.